The van der Waals surface area contributed by atoms with Crippen molar-refractivity contribution in [3.8, 4) is 0 Å². The summed E-state index contributed by atoms with van der Waals surface area (Å²) in [5, 5.41) is 2.74. The van der Waals surface area contributed by atoms with Crippen molar-refractivity contribution >= 4 is 33.5 Å². The van der Waals surface area contributed by atoms with E-state index in [-0.39, 0.29) is 18.5 Å². The van der Waals surface area contributed by atoms with Crippen molar-refractivity contribution in [1.29, 1.82) is 0 Å². The molecule has 0 aromatic heterocycles. The Bertz CT molecular complexity index is 616. The lowest BCUT2D eigenvalue weighted by Crippen LogP contribution is -2.23. The second-order valence-electron chi connectivity index (χ2n) is 6.81. The van der Waals surface area contributed by atoms with Crippen molar-refractivity contribution in [3.63, 3.8) is 0 Å². The van der Waals surface area contributed by atoms with E-state index in [9.17, 15) is 9.59 Å². The van der Waals surface area contributed by atoms with E-state index >= 15 is 0 Å². The molecule has 23 heavy (non-hydrogen) atoms. The number of fused-ring (bicyclic) bond motifs is 2. The van der Waals surface area contributed by atoms with Gasteiger partial charge >= 0.3 is 5.97 Å². The maximum Gasteiger partial charge on any atom is 0.306 e. The largest absolute Gasteiger partial charge is 0.456 e. The van der Waals surface area contributed by atoms with Crippen LogP contribution in [0.2, 0.25) is 0 Å². The van der Waals surface area contributed by atoms with Crippen molar-refractivity contribution in [2.24, 2.45) is 17.8 Å². The highest BCUT2D eigenvalue weighted by atomic mass is 79.9. The second kappa shape index (κ2) is 7.04. The zero-order chi connectivity index (χ0) is 16.4. The zero-order valence-corrected chi connectivity index (χ0v) is 14.9. The van der Waals surface area contributed by atoms with Crippen LogP contribution in [0, 0.1) is 24.7 Å². The van der Waals surface area contributed by atoms with Gasteiger partial charge in [0.05, 0.1) is 0 Å². The average molecular weight is 380 g/mol. The third-order valence-corrected chi connectivity index (χ3v) is 5.99. The van der Waals surface area contributed by atoms with E-state index in [0.29, 0.717) is 23.9 Å². The highest BCUT2D eigenvalue weighted by Crippen LogP contribution is 2.49. The molecule has 1 aromatic carbocycles. The number of ether oxygens (including phenoxy) is 1. The first-order valence-electron chi connectivity index (χ1n) is 8.23. The van der Waals surface area contributed by atoms with Gasteiger partial charge in [-0.3, -0.25) is 9.59 Å². The minimum Gasteiger partial charge on any atom is -0.456 e. The monoisotopic (exact) mass is 379 g/mol. The Labute approximate surface area is 145 Å². The maximum atomic E-state index is 11.9. The normalized spacial score (nSPS) is 25.4. The van der Waals surface area contributed by atoms with E-state index in [4.69, 9.17) is 4.74 Å². The summed E-state index contributed by atoms with van der Waals surface area (Å²) in [6, 6.07) is 5.58. The van der Waals surface area contributed by atoms with Gasteiger partial charge in [0.1, 0.15) is 0 Å². The van der Waals surface area contributed by atoms with Crippen molar-refractivity contribution < 1.29 is 14.3 Å². The topological polar surface area (TPSA) is 55.4 Å². The predicted octanol–water partition coefficient (Wildman–Crippen LogP) is 4.07. The molecule has 2 bridgehead atoms. The van der Waals surface area contributed by atoms with Crippen molar-refractivity contribution in [2.45, 2.75) is 39.0 Å². The molecule has 1 amide bonds. The fraction of sp³-hybridized carbons (Fsp3) is 0.556. The van der Waals surface area contributed by atoms with Crippen LogP contribution in [0.4, 0.5) is 5.69 Å². The summed E-state index contributed by atoms with van der Waals surface area (Å²) in [5.74, 6) is 1.44. The Morgan fingerprint density at radius 3 is 2.78 bits per heavy atom. The molecule has 3 rings (SSSR count). The average Bonchev–Trinajstić information content (AvgIpc) is 3.12. The number of benzene rings is 1. The minimum atomic E-state index is -0.304. The summed E-state index contributed by atoms with van der Waals surface area (Å²) in [4.78, 5) is 23.8. The van der Waals surface area contributed by atoms with Crippen LogP contribution >= 0.6 is 15.9 Å². The molecule has 5 heteroatoms. The molecule has 2 aliphatic rings. The highest BCUT2D eigenvalue weighted by molar-refractivity contribution is 9.10. The number of hydrogen-bond acceptors (Lipinski definition) is 3. The number of anilines is 1. The Balaban J connectivity index is 1.41. The van der Waals surface area contributed by atoms with E-state index in [2.05, 4.69) is 21.2 Å². The Kier molecular flexibility index (Phi) is 5.05. The van der Waals surface area contributed by atoms with Crippen molar-refractivity contribution in [3.05, 3.63) is 28.2 Å². The van der Waals surface area contributed by atoms with Gasteiger partial charge < -0.3 is 10.1 Å². The number of aryl methyl sites for hydroxylation is 1. The Morgan fingerprint density at radius 1 is 1.30 bits per heavy atom. The molecule has 2 saturated carbocycles. The van der Waals surface area contributed by atoms with Gasteiger partial charge in [-0.05, 0) is 61.6 Å². The number of nitrogens with one attached hydrogen (secondary N) is 1. The number of rotatable bonds is 5. The first-order valence-corrected chi connectivity index (χ1v) is 9.02. The summed E-state index contributed by atoms with van der Waals surface area (Å²) < 4.78 is 6.07. The zero-order valence-electron chi connectivity index (χ0n) is 13.3. The summed E-state index contributed by atoms with van der Waals surface area (Å²) in [6.45, 7) is 1.76. The van der Waals surface area contributed by atoms with E-state index in [0.717, 1.165) is 22.4 Å². The number of carbonyl (C=O) groups is 2. The van der Waals surface area contributed by atoms with E-state index in [1.54, 1.807) is 0 Å². The predicted molar refractivity (Wildman–Crippen MR) is 92.0 cm³/mol. The van der Waals surface area contributed by atoms with Crippen LogP contribution in [0.25, 0.3) is 0 Å². The quantitative estimate of drug-likeness (QED) is 0.784. The third-order valence-electron chi connectivity index (χ3n) is 5.13. The molecular weight excluding hydrogens is 358 g/mol. The summed E-state index contributed by atoms with van der Waals surface area (Å²) in [5.41, 5.74) is 1.79. The maximum absolute atomic E-state index is 11.9. The highest BCUT2D eigenvalue weighted by Gasteiger charge is 2.40. The molecule has 124 valence electrons. The lowest BCUT2D eigenvalue weighted by molar-refractivity contribution is -0.148. The number of carbonyl (C=O) groups excluding carboxylic acids is 2. The fourth-order valence-electron chi connectivity index (χ4n) is 3.91. The molecule has 1 aromatic rings. The lowest BCUT2D eigenvalue weighted by atomic mass is 9.86. The molecular formula is C18H22BrNO3. The molecule has 0 saturated heterocycles. The first-order chi connectivity index (χ1) is 11.0. The molecule has 0 heterocycles. The number of esters is 1. The van der Waals surface area contributed by atoms with E-state index in [1.165, 1.54) is 19.3 Å². The molecule has 0 unspecified atom stereocenters. The van der Waals surface area contributed by atoms with Crippen LogP contribution < -0.4 is 5.32 Å². The van der Waals surface area contributed by atoms with Gasteiger partial charge in [0.25, 0.3) is 5.91 Å². The molecule has 3 atom stereocenters. The van der Waals surface area contributed by atoms with Gasteiger partial charge in [-0.15, -0.1) is 0 Å². The molecule has 2 aliphatic carbocycles. The van der Waals surface area contributed by atoms with Gasteiger partial charge in [-0.2, -0.15) is 0 Å². The van der Waals surface area contributed by atoms with Gasteiger partial charge in [-0.25, -0.2) is 0 Å². The molecule has 0 radical (unpaired) electrons. The number of halogens is 1. The smallest absolute Gasteiger partial charge is 0.306 e. The number of hydrogen-bond donors (Lipinski definition) is 1. The molecule has 0 spiro atoms. The molecule has 1 N–H and O–H groups in total. The van der Waals surface area contributed by atoms with Gasteiger partial charge in [0.2, 0.25) is 0 Å². The summed E-state index contributed by atoms with van der Waals surface area (Å²) >= 11 is 3.43. The fourth-order valence-corrected chi connectivity index (χ4v) is 4.29. The summed E-state index contributed by atoms with van der Waals surface area (Å²) in [7, 11) is 0. The lowest BCUT2D eigenvalue weighted by Gasteiger charge is -2.20. The van der Waals surface area contributed by atoms with Crippen LogP contribution in [0.3, 0.4) is 0 Å². The Morgan fingerprint density at radius 2 is 2.13 bits per heavy atom. The van der Waals surface area contributed by atoms with Crippen LogP contribution in [-0.4, -0.2) is 18.5 Å². The molecule has 0 aliphatic heterocycles. The van der Waals surface area contributed by atoms with Gasteiger partial charge in [-0.1, -0.05) is 28.4 Å². The van der Waals surface area contributed by atoms with Crippen molar-refractivity contribution in [1.82, 2.24) is 0 Å². The number of amides is 1. The molecule has 2 fully saturated rings. The SMILES string of the molecule is Cc1ccc(NC(=O)COC(=O)C[C@H]2C[C@@H]3CC[C@@H]2C3)cc1Br. The standard InChI is InChI=1S/C18H22BrNO3/c1-11-2-5-15(9-16(11)19)20-17(21)10-23-18(22)8-14-7-12-3-4-13(14)6-12/h2,5,9,12-14H,3-4,6-8,10H2,1H3,(H,20,21)/t12-,13-,14-/m1/s1. The second-order valence-corrected chi connectivity index (χ2v) is 7.67. The summed E-state index contributed by atoms with van der Waals surface area (Å²) in [6.07, 6.45) is 5.48. The molecule has 4 nitrogen and oxygen atoms in total. The van der Waals surface area contributed by atoms with Crippen LogP contribution in [0.1, 0.15) is 37.7 Å². The van der Waals surface area contributed by atoms with Crippen LogP contribution in [0.5, 0.6) is 0 Å². The minimum absolute atomic E-state index is 0.217. The third kappa shape index (κ3) is 4.14. The van der Waals surface area contributed by atoms with Gasteiger partial charge in [0, 0.05) is 16.6 Å². The van der Waals surface area contributed by atoms with Gasteiger partial charge in [0.15, 0.2) is 6.61 Å². The first kappa shape index (κ1) is 16.5. The van der Waals surface area contributed by atoms with Crippen molar-refractivity contribution in [2.75, 3.05) is 11.9 Å². The Hall–Kier alpha value is -1.36. The van der Waals surface area contributed by atoms with E-state index in [1.807, 2.05) is 25.1 Å². The van der Waals surface area contributed by atoms with Crippen LogP contribution in [-0.2, 0) is 14.3 Å². The van der Waals surface area contributed by atoms with E-state index < -0.39 is 0 Å². The van der Waals surface area contributed by atoms with Crippen LogP contribution in [0.15, 0.2) is 22.7 Å².